The Kier molecular flexibility index (Phi) is 4.80. The van der Waals surface area contributed by atoms with Crippen LogP contribution in [0.3, 0.4) is 0 Å². The summed E-state index contributed by atoms with van der Waals surface area (Å²) in [5.74, 6) is -1.34. The maximum absolute atomic E-state index is 13.2. The normalized spacial score (nSPS) is 18.6. The third kappa shape index (κ3) is 4.26. The van der Waals surface area contributed by atoms with Crippen LogP contribution in [0.2, 0.25) is 5.15 Å². The molecular weight excluding hydrogens is 374 g/mol. The van der Waals surface area contributed by atoms with E-state index < -0.39 is 5.92 Å². The highest BCUT2D eigenvalue weighted by Crippen LogP contribution is 2.29. The molecule has 2 aromatic heterocycles. The van der Waals surface area contributed by atoms with Crippen LogP contribution in [0.25, 0.3) is 10.8 Å². The highest BCUT2D eigenvalue weighted by Gasteiger charge is 2.39. The predicted molar refractivity (Wildman–Crippen MR) is 101 cm³/mol. The number of aromatic nitrogens is 2. The van der Waals surface area contributed by atoms with E-state index in [0.717, 1.165) is 16.5 Å². The van der Waals surface area contributed by atoms with Crippen LogP contribution in [0.4, 0.5) is 20.3 Å². The number of nitrogens with zero attached hydrogens (tertiary/aromatic N) is 2. The second kappa shape index (κ2) is 7.25. The first-order valence-corrected chi connectivity index (χ1v) is 8.88. The average molecular weight is 391 g/mol. The van der Waals surface area contributed by atoms with E-state index in [0.29, 0.717) is 16.7 Å². The van der Waals surface area contributed by atoms with E-state index in [-0.39, 0.29) is 25.6 Å². The first-order chi connectivity index (χ1) is 13.0. The highest BCUT2D eigenvalue weighted by atomic mass is 35.5. The summed E-state index contributed by atoms with van der Waals surface area (Å²) < 4.78 is 32.2. The van der Waals surface area contributed by atoms with Gasteiger partial charge in [0, 0.05) is 24.0 Å². The first-order valence-electron chi connectivity index (χ1n) is 8.50. The molecule has 1 aliphatic rings. The van der Waals surface area contributed by atoms with Crippen LogP contribution in [-0.2, 0) is 0 Å². The predicted octanol–water partition coefficient (Wildman–Crippen LogP) is 4.40. The number of hydrogen-bond donors (Lipinski definition) is 2. The Morgan fingerprint density at radius 1 is 1.22 bits per heavy atom. The molecule has 140 valence electrons. The van der Waals surface area contributed by atoms with Gasteiger partial charge in [-0.1, -0.05) is 11.6 Å². The Morgan fingerprint density at radius 2 is 2.11 bits per heavy atom. The molecule has 0 unspecified atom stereocenters. The number of halogens is 3. The third-order valence-electron chi connectivity index (χ3n) is 4.37. The third-order valence-corrected chi connectivity index (χ3v) is 4.60. The van der Waals surface area contributed by atoms with Gasteiger partial charge in [0.15, 0.2) is 0 Å². The van der Waals surface area contributed by atoms with E-state index in [1.807, 2.05) is 30.3 Å². The Hall–Kier alpha value is -2.51. The quantitative estimate of drug-likeness (QED) is 0.632. The van der Waals surface area contributed by atoms with Gasteiger partial charge in [-0.05, 0) is 41.8 Å². The van der Waals surface area contributed by atoms with Gasteiger partial charge in [-0.3, -0.25) is 0 Å². The lowest BCUT2D eigenvalue weighted by atomic mass is 10.1. The molecule has 1 fully saturated rings. The highest BCUT2D eigenvalue weighted by molar-refractivity contribution is 6.29. The molecule has 3 heterocycles. The van der Waals surface area contributed by atoms with Crippen LogP contribution in [0.15, 0.2) is 48.8 Å². The van der Waals surface area contributed by atoms with Crippen molar-refractivity contribution < 1.29 is 13.5 Å². The minimum atomic E-state index is -2.65. The Morgan fingerprint density at radius 3 is 2.85 bits per heavy atom. The number of alkyl halides is 2. The van der Waals surface area contributed by atoms with E-state index in [4.69, 9.17) is 16.3 Å². The van der Waals surface area contributed by atoms with E-state index in [1.165, 1.54) is 0 Å². The molecule has 0 spiro atoms. The second-order valence-corrected chi connectivity index (χ2v) is 6.87. The summed E-state index contributed by atoms with van der Waals surface area (Å²) in [6, 6.07) is 10.6. The van der Waals surface area contributed by atoms with E-state index in [9.17, 15) is 8.78 Å². The van der Waals surface area contributed by atoms with Crippen molar-refractivity contribution in [2.75, 3.05) is 18.5 Å². The number of nitrogens with one attached hydrogen (secondary N) is 2. The molecule has 27 heavy (non-hydrogen) atoms. The first kappa shape index (κ1) is 17.9. The molecule has 0 saturated carbocycles. The molecule has 0 radical (unpaired) electrons. The number of ether oxygens (including phenoxy) is 1. The van der Waals surface area contributed by atoms with Gasteiger partial charge in [-0.15, -0.1) is 0 Å². The number of anilines is 2. The average Bonchev–Trinajstić information content (AvgIpc) is 3.01. The van der Waals surface area contributed by atoms with Crippen molar-refractivity contribution >= 4 is 33.9 Å². The van der Waals surface area contributed by atoms with Gasteiger partial charge in [0.25, 0.3) is 5.92 Å². The minimum Gasteiger partial charge on any atom is -0.492 e. The van der Waals surface area contributed by atoms with Crippen molar-refractivity contribution in [2.45, 2.75) is 18.4 Å². The van der Waals surface area contributed by atoms with Crippen LogP contribution in [0.1, 0.15) is 6.42 Å². The molecular formula is C19H17ClF2N4O. The van der Waals surface area contributed by atoms with Gasteiger partial charge < -0.3 is 15.4 Å². The molecule has 1 saturated heterocycles. The van der Waals surface area contributed by atoms with Gasteiger partial charge in [0.1, 0.15) is 23.3 Å². The summed E-state index contributed by atoms with van der Waals surface area (Å²) in [4.78, 5) is 8.41. The SMILES string of the molecule is FC1(F)CN[C@@H](COc2ccc3c(Nc4ccc(Cl)nc4)nccc3c2)C1. The number of benzene rings is 1. The fourth-order valence-corrected chi connectivity index (χ4v) is 3.16. The van der Waals surface area contributed by atoms with Crippen molar-refractivity contribution in [3.05, 3.63) is 53.9 Å². The van der Waals surface area contributed by atoms with Crippen molar-refractivity contribution in [3.63, 3.8) is 0 Å². The molecule has 0 aliphatic carbocycles. The lowest BCUT2D eigenvalue weighted by Crippen LogP contribution is -2.28. The standard InChI is InChI=1S/C19H17ClF2N4O/c20-17-4-1-13(9-24-17)26-18-16-3-2-15(7-12(16)5-6-23-18)27-10-14-8-19(21,22)11-25-14/h1-7,9,14,25H,8,10-11H2,(H,23,26)/t14-/m1/s1. The van der Waals surface area contributed by atoms with Gasteiger partial charge in [0.05, 0.1) is 18.4 Å². The van der Waals surface area contributed by atoms with Gasteiger partial charge in [-0.25, -0.2) is 18.7 Å². The van der Waals surface area contributed by atoms with Crippen LogP contribution >= 0.6 is 11.6 Å². The largest absolute Gasteiger partial charge is 0.492 e. The Bertz CT molecular complexity index is 952. The number of hydrogen-bond acceptors (Lipinski definition) is 5. The summed E-state index contributed by atoms with van der Waals surface area (Å²) in [6.07, 6.45) is 3.12. The maximum Gasteiger partial charge on any atom is 0.261 e. The second-order valence-electron chi connectivity index (χ2n) is 6.49. The zero-order valence-electron chi connectivity index (χ0n) is 14.3. The zero-order valence-corrected chi connectivity index (χ0v) is 15.0. The van der Waals surface area contributed by atoms with Crippen molar-refractivity contribution in [1.29, 1.82) is 0 Å². The van der Waals surface area contributed by atoms with Gasteiger partial charge in [-0.2, -0.15) is 0 Å². The van der Waals surface area contributed by atoms with Crippen LogP contribution in [0.5, 0.6) is 5.75 Å². The molecule has 2 N–H and O–H groups in total. The summed E-state index contributed by atoms with van der Waals surface area (Å²) in [5, 5.41) is 8.25. The molecule has 1 atom stereocenters. The number of fused-ring (bicyclic) bond motifs is 1. The smallest absolute Gasteiger partial charge is 0.261 e. The fraction of sp³-hybridized carbons (Fsp3) is 0.263. The Balaban J connectivity index is 1.49. The van der Waals surface area contributed by atoms with Gasteiger partial charge in [0.2, 0.25) is 0 Å². The van der Waals surface area contributed by atoms with E-state index in [1.54, 1.807) is 18.5 Å². The molecule has 1 aromatic carbocycles. The minimum absolute atomic E-state index is 0.201. The molecule has 8 heteroatoms. The summed E-state index contributed by atoms with van der Waals surface area (Å²) in [7, 11) is 0. The van der Waals surface area contributed by atoms with Crippen molar-refractivity contribution in [3.8, 4) is 5.75 Å². The molecule has 0 bridgehead atoms. The number of rotatable bonds is 5. The lowest BCUT2D eigenvalue weighted by molar-refractivity contribution is 0.0196. The summed E-state index contributed by atoms with van der Waals surface area (Å²) in [5.41, 5.74) is 0.771. The van der Waals surface area contributed by atoms with Crippen LogP contribution in [0, 0.1) is 0 Å². The van der Waals surface area contributed by atoms with Crippen LogP contribution < -0.4 is 15.4 Å². The summed E-state index contributed by atoms with van der Waals surface area (Å²) in [6.45, 7) is -0.0905. The topological polar surface area (TPSA) is 59.1 Å². The maximum atomic E-state index is 13.2. The molecule has 5 nitrogen and oxygen atoms in total. The fourth-order valence-electron chi connectivity index (χ4n) is 3.05. The zero-order chi connectivity index (χ0) is 18.9. The molecule has 1 aliphatic heterocycles. The molecule has 3 aromatic rings. The Labute approximate surface area is 159 Å². The van der Waals surface area contributed by atoms with Gasteiger partial charge >= 0.3 is 0 Å². The molecule has 0 amide bonds. The van der Waals surface area contributed by atoms with Crippen molar-refractivity contribution in [1.82, 2.24) is 15.3 Å². The number of pyridine rings is 2. The van der Waals surface area contributed by atoms with Crippen molar-refractivity contribution in [2.24, 2.45) is 0 Å². The monoisotopic (exact) mass is 390 g/mol. The van der Waals surface area contributed by atoms with E-state index in [2.05, 4.69) is 20.6 Å². The molecule has 4 rings (SSSR count). The van der Waals surface area contributed by atoms with Crippen LogP contribution in [-0.4, -0.2) is 35.1 Å². The summed E-state index contributed by atoms with van der Waals surface area (Å²) >= 11 is 5.81. The van der Waals surface area contributed by atoms with E-state index >= 15 is 0 Å². The lowest BCUT2D eigenvalue weighted by Gasteiger charge is -2.13.